The lowest BCUT2D eigenvalue weighted by molar-refractivity contribution is 0.0704. The van der Waals surface area contributed by atoms with Gasteiger partial charge in [0.25, 0.3) is 5.91 Å². The van der Waals surface area contributed by atoms with Gasteiger partial charge in [0.1, 0.15) is 28.9 Å². The number of nitrogen functional groups attached to an aromatic ring is 1. The van der Waals surface area contributed by atoms with Crippen LogP contribution in [0.2, 0.25) is 0 Å². The number of aryl methyl sites for hydroxylation is 2. The van der Waals surface area contributed by atoms with E-state index in [9.17, 15) is 24.2 Å². The lowest BCUT2D eigenvalue weighted by atomic mass is 10.0. The predicted octanol–water partition coefficient (Wildman–Crippen LogP) is 6.01. The summed E-state index contributed by atoms with van der Waals surface area (Å²) in [6.45, 7) is 1.44. The van der Waals surface area contributed by atoms with Crippen molar-refractivity contribution in [1.82, 2.24) is 19.7 Å². The highest BCUT2D eigenvalue weighted by molar-refractivity contribution is 8.45. The zero-order chi connectivity index (χ0) is 26.4. The van der Waals surface area contributed by atoms with Gasteiger partial charge in [-0.15, -0.1) is 0 Å². The molecule has 0 saturated heterocycles. The number of hydrogen-bond donors (Lipinski definition) is 1. The number of halogens is 6. The number of aromatic nitrogens is 3. The first-order valence-corrected chi connectivity index (χ1v) is 12.4. The summed E-state index contributed by atoms with van der Waals surface area (Å²) in [7, 11) is -6.93. The summed E-state index contributed by atoms with van der Waals surface area (Å²) in [6.07, 6.45) is 0. The average molecular weight is 531 g/mol. The Morgan fingerprint density at radius 3 is 2.56 bits per heavy atom. The molecule has 2 N–H and O–H groups in total. The molecule has 1 aliphatic heterocycles. The molecule has 192 valence electrons. The fourth-order valence-corrected chi connectivity index (χ4v) is 5.19. The molecule has 1 atom stereocenters. The van der Waals surface area contributed by atoms with Gasteiger partial charge in [-0.3, -0.25) is 9.48 Å². The zero-order valence-corrected chi connectivity index (χ0v) is 19.8. The Morgan fingerprint density at radius 1 is 1.19 bits per heavy atom. The minimum Gasteiger partial charge on any atom is -0.491 e. The third-order valence-corrected chi connectivity index (χ3v) is 7.41. The number of anilines is 1. The molecule has 0 spiro atoms. The molecular formula is C22H19F6N5O2S. The summed E-state index contributed by atoms with van der Waals surface area (Å²) in [5.41, 5.74) is 7.14. The molecular weight excluding hydrogens is 512 g/mol. The Labute approximate surface area is 200 Å². The summed E-state index contributed by atoms with van der Waals surface area (Å²) in [4.78, 5) is 16.5. The Hall–Kier alpha value is -3.68. The molecule has 2 aromatic heterocycles. The fourth-order valence-electron chi connectivity index (χ4n) is 4.53. The van der Waals surface area contributed by atoms with E-state index >= 15 is 4.39 Å². The van der Waals surface area contributed by atoms with Crippen LogP contribution >= 0.6 is 10.2 Å². The van der Waals surface area contributed by atoms with Gasteiger partial charge in [-0.1, -0.05) is 25.5 Å². The van der Waals surface area contributed by atoms with Gasteiger partial charge in [0.15, 0.2) is 0 Å². The van der Waals surface area contributed by atoms with E-state index in [4.69, 9.17) is 10.5 Å². The normalized spacial score (nSPS) is 17.5. The van der Waals surface area contributed by atoms with E-state index in [0.717, 1.165) is 17.0 Å². The van der Waals surface area contributed by atoms with E-state index in [1.165, 1.54) is 17.8 Å². The van der Waals surface area contributed by atoms with Gasteiger partial charge in [-0.05, 0) is 19.1 Å². The van der Waals surface area contributed by atoms with Crippen molar-refractivity contribution >= 4 is 43.8 Å². The molecule has 1 aliphatic rings. The topological polar surface area (TPSA) is 86.3 Å². The van der Waals surface area contributed by atoms with Gasteiger partial charge in [0.2, 0.25) is 0 Å². The summed E-state index contributed by atoms with van der Waals surface area (Å²) in [5, 5.41) is 5.29. The van der Waals surface area contributed by atoms with E-state index in [2.05, 4.69) is 10.1 Å². The number of amides is 1. The first-order chi connectivity index (χ1) is 16.5. The van der Waals surface area contributed by atoms with Crippen LogP contribution in [0.5, 0.6) is 5.75 Å². The van der Waals surface area contributed by atoms with Crippen molar-refractivity contribution in [2.24, 2.45) is 7.05 Å². The fraction of sp³-hybridized carbons (Fsp3) is 0.227. The highest BCUT2D eigenvalue weighted by Gasteiger charge is 2.65. The number of benzene rings is 2. The summed E-state index contributed by atoms with van der Waals surface area (Å²) >= 11 is 0. The van der Waals surface area contributed by atoms with Crippen LogP contribution in [0.15, 0.2) is 35.2 Å². The number of hydrogen-bond acceptors (Lipinski definition) is 5. The van der Waals surface area contributed by atoms with Gasteiger partial charge >= 0.3 is 10.2 Å². The van der Waals surface area contributed by atoms with Gasteiger partial charge in [-0.2, -0.15) is 5.10 Å². The number of ether oxygens (including phenoxy) is 1. The third kappa shape index (κ3) is 3.67. The van der Waals surface area contributed by atoms with E-state index in [-0.39, 0.29) is 41.2 Å². The SMILES string of the molecule is Cc1nn(C)c2c1c(N)nc1cc(F)c(C(=O)N(C)[C@H]3COc4cc(S(F)(F)(F)(F)F)ccc43)cc12. The summed E-state index contributed by atoms with van der Waals surface area (Å²) in [5.74, 6) is -1.95. The Balaban J connectivity index is 1.56. The largest absolute Gasteiger partial charge is 0.491 e. The van der Waals surface area contributed by atoms with Crippen molar-refractivity contribution in [3.63, 3.8) is 0 Å². The Morgan fingerprint density at radius 2 is 1.89 bits per heavy atom. The highest BCUT2D eigenvalue weighted by Crippen LogP contribution is 3.02. The van der Waals surface area contributed by atoms with Crippen molar-refractivity contribution in [2.75, 3.05) is 19.4 Å². The third-order valence-electron chi connectivity index (χ3n) is 6.26. The molecule has 0 bridgehead atoms. The maximum Gasteiger partial charge on any atom is 0.310 e. The summed E-state index contributed by atoms with van der Waals surface area (Å²) < 4.78 is 87.7. The molecule has 7 nitrogen and oxygen atoms in total. The van der Waals surface area contributed by atoms with E-state index < -0.39 is 38.6 Å². The second kappa shape index (κ2) is 6.75. The second-order valence-corrected chi connectivity index (χ2v) is 11.1. The monoisotopic (exact) mass is 531 g/mol. The molecule has 0 unspecified atom stereocenters. The Bertz CT molecular complexity index is 1620. The molecule has 2 aromatic carbocycles. The van der Waals surface area contributed by atoms with Crippen molar-refractivity contribution in [3.8, 4) is 5.75 Å². The zero-order valence-electron chi connectivity index (χ0n) is 19.0. The molecule has 14 heteroatoms. The number of rotatable bonds is 3. The first-order valence-electron chi connectivity index (χ1n) is 10.5. The highest BCUT2D eigenvalue weighted by atomic mass is 32.5. The van der Waals surface area contributed by atoms with Gasteiger partial charge in [0, 0.05) is 37.2 Å². The number of carbonyl (C=O) groups is 1. The average Bonchev–Trinajstić information content (AvgIpc) is 3.31. The van der Waals surface area contributed by atoms with Crippen LogP contribution in [-0.2, 0) is 7.05 Å². The molecule has 1 amide bonds. The Kier molecular flexibility index (Phi) is 4.51. The number of fused-ring (bicyclic) bond motifs is 4. The predicted molar refractivity (Wildman–Crippen MR) is 123 cm³/mol. The number of carbonyl (C=O) groups excluding carboxylic acids is 1. The molecule has 0 radical (unpaired) electrons. The number of nitrogens with two attached hydrogens (primary N) is 1. The van der Waals surface area contributed by atoms with Crippen LogP contribution in [0.3, 0.4) is 0 Å². The van der Waals surface area contributed by atoms with E-state index in [1.807, 2.05) is 0 Å². The minimum absolute atomic E-state index is 0.0942. The van der Waals surface area contributed by atoms with E-state index in [0.29, 0.717) is 22.0 Å². The van der Waals surface area contributed by atoms with Crippen LogP contribution in [0.4, 0.5) is 29.6 Å². The number of nitrogens with zero attached hydrogens (tertiary/aromatic N) is 4. The first kappa shape index (κ1) is 24.0. The molecule has 0 aliphatic carbocycles. The van der Waals surface area contributed by atoms with Crippen molar-refractivity contribution in [2.45, 2.75) is 17.9 Å². The van der Waals surface area contributed by atoms with Crippen LogP contribution in [0.1, 0.15) is 27.7 Å². The van der Waals surface area contributed by atoms with Crippen LogP contribution in [0, 0.1) is 12.7 Å². The van der Waals surface area contributed by atoms with Gasteiger partial charge < -0.3 is 15.4 Å². The van der Waals surface area contributed by atoms with Crippen LogP contribution in [-0.4, -0.2) is 39.2 Å². The van der Waals surface area contributed by atoms with Crippen molar-refractivity contribution in [1.29, 1.82) is 0 Å². The van der Waals surface area contributed by atoms with Crippen molar-refractivity contribution < 1.29 is 33.4 Å². The van der Waals surface area contributed by atoms with Crippen molar-refractivity contribution in [3.05, 3.63) is 53.0 Å². The molecule has 36 heavy (non-hydrogen) atoms. The summed E-state index contributed by atoms with van der Waals surface area (Å²) in [6, 6.07) is 2.77. The van der Waals surface area contributed by atoms with Crippen LogP contribution < -0.4 is 10.5 Å². The lowest BCUT2D eigenvalue weighted by Crippen LogP contribution is -2.32. The van der Waals surface area contributed by atoms with E-state index in [1.54, 1.807) is 14.0 Å². The molecule has 4 aromatic rings. The minimum atomic E-state index is -9.91. The number of pyridine rings is 1. The number of likely N-dealkylation sites (N-methyl/N-ethyl adjacent to an activating group) is 1. The quantitative estimate of drug-likeness (QED) is 0.327. The van der Waals surface area contributed by atoms with Gasteiger partial charge in [-0.25, -0.2) is 9.37 Å². The molecule has 3 heterocycles. The standard InChI is InChI=1S/C22H19F6N5O2S/c1-10-19-20(33(3)31-10)14-7-13(15(23)8-16(14)30-21(19)29)22(34)32(2)17-9-35-18-6-11(4-5-12(17)18)36(24,25,26,27)28/h4-8,17H,9H2,1-3H3,(H2,29,30)/t17-/m0/s1. The molecule has 5 rings (SSSR count). The maximum absolute atomic E-state index is 15.0. The lowest BCUT2D eigenvalue weighted by Gasteiger charge is -2.40. The smallest absolute Gasteiger partial charge is 0.310 e. The maximum atomic E-state index is 15.0. The van der Waals surface area contributed by atoms with Gasteiger partial charge in [0.05, 0.1) is 33.7 Å². The second-order valence-electron chi connectivity index (χ2n) is 8.69. The molecule has 0 fully saturated rings. The molecule has 0 saturated carbocycles. The van der Waals surface area contributed by atoms with Crippen LogP contribution in [0.25, 0.3) is 21.8 Å².